The Hall–Kier alpha value is -2.07. The van der Waals surface area contributed by atoms with Crippen molar-refractivity contribution < 1.29 is 19.0 Å². The highest BCUT2D eigenvalue weighted by molar-refractivity contribution is 5.81. The number of carbonyl (C=O) groups excluding carboxylic acids is 1. The van der Waals surface area contributed by atoms with Crippen molar-refractivity contribution >= 4 is 5.97 Å². The normalized spacial score (nSPS) is 12.7. The lowest BCUT2D eigenvalue weighted by Crippen LogP contribution is -2.09. The lowest BCUT2D eigenvalue weighted by Gasteiger charge is -2.12. The molecule has 0 spiro atoms. The molecule has 1 aromatic rings. The van der Waals surface area contributed by atoms with Crippen molar-refractivity contribution in [2.45, 2.75) is 33.0 Å². The van der Waals surface area contributed by atoms with Crippen LogP contribution in [0.4, 0.5) is 0 Å². The molecule has 0 aliphatic heterocycles. The molecule has 1 aromatic carbocycles. The van der Waals surface area contributed by atoms with Crippen molar-refractivity contribution in [2.24, 2.45) is 0 Å². The number of esters is 1. The van der Waals surface area contributed by atoms with Gasteiger partial charge in [0.15, 0.2) is 0 Å². The van der Waals surface area contributed by atoms with Crippen LogP contribution >= 0.6 is 0 Å². The lowest BCUT2D eigenvalue weighted by molar-refractivity contribution is -0.137. The summed E-state index contributed by atoms with van der Waals surface area (Å²) in [6.07, 6.45) is 7.68. The van der Waals surface area contributed by atoms with Gasteiger partial charge in [-0.1, -0.05) is 30.4 Å². The number of rotatable bonds is 9. The number of methoxy groups -OCH3 is 1. The number of carbonyl (C=O) groups is 1. The number of allylic oxidation sites excluding steroid dienone is 1. The fraction of sp³-hybridized carbons (Fsp3) is 0.389. The largest absolute Gasteiger partial charge is 0.497 e. The second-order valence-electron chi connectivity index (χ2n) is 4.61. The predicted molar refractivity (Wildman–Crippen MR) is 86.8 cm³/mol. The Morgan fingerprint density at radius 2 is 2.00 bits per heavy atom. The van der Waals surface area contributed by atoms with E-state index in [1.807, 2.05) is 43.3 Å². The van der Waals surface area contributed by atoms with Crippen LogP contribution in [0.5, 0.6) is 5.75 Å². The third-order valence-corrected chi connectivity index (χ3v) is 2.94. The fourth-order valence-corrected chi connectivity index (χ4v) is 1.83. The van der Waals surface area contributed by atoms with Gasteiger partial charge < -0.3 is 14.2 Å². The molecule has 0 aliphatic carbocycles. The summed E-state index contributed by atoms with van der Waals surface area (Å²) in [7, 11) is 1.64. The highest BCUT2D eigenvalue weighted by atomic mass is 16.5. The molecule has 1 rings (SSSR count). The molecule has 0 bridgehead atoms. The van der Waals surface area contributed by atoms with Gasteiger partial charge in [-0.05, 0) is 38.0 Å². The van der Waals surface area contributed by atoms with Gasteiger partial charge in [0.1, 0.15) is 5.75 Å². The van der Waals surface area contributed by atoms with Crippen LogP contribution in [0.3, 0.4) is 0 Å². The minimum atomic E-state index is -0.322. The summed E-state index contributed by atoms with van der Waals surface area (Å²) in [5, 5.41) is 0. The first kappa shape index (κ1) is 18.0. The monoisotopic (exact) mass is 304 g/mol. The van der Waals surface area contributed by atoms with E-state index >= 15 is 0 Å². The molecule has 0 saturated carbocycles. The van der Waals surface area contributed by atoms with E-state index < -0.39 is 0 Å². The Morgan fingerprint density at radius 3 is 2.59 bits per heavy atom. The lowest BCUT2D eigenvalue weighted by atomic mass is 10.2. The molecule has 0 radical (unpaired) electrons. The molecule has 0 fully saturated rings. The van der Waals surface area contributed by atoms with Crippen molar-refractivity contribution in [2.75, 3.05) is 13.7 Å². The Balaban J connectivity index is 2.47. The average molecular weight is 304 g/mol. The molecule has 0 saturated heterocycles. The summed E-state index contributed by atoms with van der Waals surface area (Å²) in [6, 6.07) is 7.76. The SMILES string of the molecule is C/C=C/[C@@H](C/C=C/C(=O)OCC)OCc1ccc(OC)cc1. The van der Waals surface area contributed by atoms with Gasteiger partial charge in [-0.25, -0.2) is 4.79 Å². The maximum Gasteiger partial charge on any atom is 0.330 e. The number of ether oxygens (including phenoxy) is 3. The van der Waals surface area contributed by atoms with Crippen LogP contribution < -0.4 is 4.74 Å². The zero-order valence-electron chi connectivity index (χ0n) is 13.5. The molecule has 0 aliphatic rings. The Labute approximate surface area is 132 Å². The van der Waals surface area contributed by atoms with Gasteiger partial charge in [0.2, 0.25) is 0 Å². The van der Waals surface area contributed by atoms with Crippen LogP contribution in [-0.2, 0) is 20.9 Å². The molecule has 0 unspecified atom stereocenters. The van der Waals surface area contributed by atoms with Crippen molar-refractivity contribution in [1.29, 1.82) is 0 Å². The average Bonchev–Trinajstić information content (AvgIpc) is 2.53. The van der Waals surface area contributed by atoms with E-state index in [1.54, 1.807) is 20.1 Å². The highest BCUT2D eigenvalue weighted by Crippen LogP contribution is 2.13. The number of hydrogen-bond acceptors (Lipinski definition) is 4. The molecule has 0 N–H and O–H groups in total. The molecule has 4 heteroatoms. The summed E-state index contributed by atoms with van der Waals surface area (Å²) in [6.45, 7) is 4.62. The first-order valence-corrected chi connectivity index (χ1v) is 7.40. The molecule has 0 amide bonds. The summed E-state index contributed by atoms with van der Waals surface area (Å²) < 4.78 is 15.8. The number of benzene rings is 1. The molecule has 22 heavy (non-hydrogen) atoms. The van der Waals surface area contributed by atoms with Gasteiger partial charge in [-0.2, -0.15) is 0 Å². The van der Waals surface area contributed by atoms with Crippen LogP contribution in [-0.4, -0.2) is 25.8 Å². The van der Waals surface area contributed by atoms with Crippen LogP contribution in [0, 0.1) is 0 Å². The van der Waals surface area contributed by atoms with E-state index in [-0.39, 0.29) is 12.1 Å². The number of hydrogen-bond donors (Lipinski definition) is 0. The van der Waals surface area contributed by atoms with E-state index in [1.165, 1.54) is 6.08 Å². The second-order valence-corrected chi connectivity index (χ2v) is 4.61. The first-order valence-electron chi connectivity index (χ1n) is 7.40. The topological polar surface area (TPSA) is 44.8 Å². The van der Waals surface area contributed by atoms with Crippen molar-refractivity contribution in [3.05, 3.63) is 54.1 Å². The van der Waals surface area contributed by atoms with Gasteiger partial charge in [-0.15, -0.1) is 0 Å². The van der Waals surface area contributed by atoms with E-state index in [2.05, 4.69) is 0 Å². The third-order valence-electron chi connectivity index (χ3n) is 2.94. The molecule has 0 heterocycles. The quantitative estimate of drug-likeness (QED) is 0.397. The Kier molecular flexibility index (Phi) is 8.69. The summed E-state index contributed by atoms with van der Waals surface area (Å²) in [5.41, 5.74) is 1.07. The van der Waals surface area contributed by atoms with Gasteiger partial charge >= 0.3 is 5.97 Å². The first-order chi connectivity index (χ1) is 10.7. The molecular formula is C18H24O4. The van der Waals surface area contributed by atoms with E-state index in [0.29, 0.717) is 19.6 Å². The Morgan fingerprint density at radius 1 is 1.27 bits per heavy atom. The fourth-order valence-electron chi connectivity index (χ4n) is 1.83. The minimum Gasteiger partial charge on any atom is -0.497 e. The standard InChI is InChI=1S/C18H24O4/c1-4-7-17(8-6-9-18(19)21-5-2)22-14-15-10-12-16(20-3)13-11-15/h4,6-7,9-13,17H,5,8,14H2,1-3H3/b7-4+,9-6+/t17-/m0/s1. The third kappa shape index (κ3) is 7.09. The van der Waals surface area contributed by atoms with E-state index in [4.69, 9.17) is 14.2 Å². The minimum absolute atomic E-state index is 0.0715. The van der Waals surface area contributed by atoms with Crippen molar-refractivity contribution in [1.82, 2.24) is 0 Å². The summed E-state index contributed by atoms with van der Waals surface area (Å²) in [4.78, 5) is 11.2. The van der Waals surface area contributed by atoms with Gasteiger partial charge in [0, 0.05) is 6.08 Å². The summed E-state index contributed by atoms with van der Waals surface area (Å²) >= 11 is 0. The van der Waals surface area contributed by atoms with Crippen molar-refractivity contribution in [3.63, 3.8) is 0 Å². The smallest absolute Gasteiger partial charge is 0.330 e. The van der Waals surface area contributed by atoms with Crippen LogP contribution in [0.25, 0.3) is 0 Å². The highest BCUT2D eigenvalue weighted by Gasteiger charge is 2.04. The zero-order valence-corrected chi connectivity index (χ0v) is 13.5. The second kappa shape index (κ2) is 10.6. The van der Waals surface area contributed by atoms with Crippen molar-refractivity contribution in [3.8, 4) is 5.75 Å². The van der Waals surface area contributed by atoms with Gasteiger partial charge in [-0.3, -0.25) is 0 Å². The predicted octanol–water partition coefficient (Wildman–Crippen LogP) is 3.67. The summed E-state index contributed by atoms with van der Waals surface area (Å²) in [5.74, 6) is 0.503. The Bertz CT molecular complexity index is 488. The van der Waals surface area contributed by atoms with E-state index in [0.717, 1.165) is 11.3 Å². The molecular weight excluding hydrogens is 280 g/mol. The maximum atomic E-state index is 11.2. The molecule has 1 atom stereocenters. The van der Waals surface area contributed by atoms with Crippen LogP contribution in [0.1, 0.15) is 25.8 Å². The van der Waals surface area contributed by atoms with Gasteiger partial charge in [0.05, 0.1) is 26.4 Å². The molecule has 0 aromatic heterocycles. The maximum absolute atomic E-state index is 11.2. The zero-order chi connectivity index (χ0) is 16.2. The molecule has 120 valence electrons. The molecule has 4 nitrogen and oxygen atoms in total. The van der Waals surface area contributed by atoms with E-state index in [9.17, 15) is 4.79 Å². The van der Waals surface area contributed by atoms with Crippen LogP contribution in [0.15, 0.2) is 48.6 Å². The van der Waals surface area contributed by atoms with Gasteiger partial charge in [0.25, 0.3) is 0 Å². The van der Waals surface area contributed by atoms with Crippen LogP contribution in [0.2, 0.25) is 0 Å².